The molecule has 1 aliphatic rings. The number of hydrogen-bond donors (Lipinski definition) is 1. The zero-order valence-corrected chi connectivity index (χ0v) is 19.7. The number of nitrogens with zero attached hydrogens (tertiary/aromatic N) is 2. The first-order chi connectivity index (χ1) is 17.0. The van der Waals surface area contributed by atoms with Gasteiger partial charge >= 0.3 is 18.1 Å². The molecule has 0 bridgehead atoms. The normalized spacial score (nSPS) is 15.9. The third-order valence-corrected chi connectivity index (χ3v) is 5.47. The molecule has 2 aromatic carbocycles. The molecule has 36 heavy (non-hydrogen) atoms. The predicted molar refractivity (Wildman–Crippen MR) is 123 cm³/mol. The van der Waals surface area contributed by atoms with E-state index in [9.17, 15) is 28.0 Å². The summed E-state index contributed by atoms with van der Waals surface area (Å²) in [6.45, 7) is -1.57. The van der Waals surface area contributed by atoms with Crippen LogP contribution in [0.5, 0.6) is 5.75 Å². The van der Waals surface area contributed by atoms with Crippen molar-refractivity contribution in [3.8, 4) is 11.8 Å². The molecular formula is C24H19ClF3N3O5. The van der Waals surface area contributed by atoms with Crippen LogP contribution >= 0.6 is 11.6 Å². The van der Waals surface area contributed by atoms with Crippen molar-refractivity contribution < 1.29 is 37.0 Å². The summed E-state index contributed by atoms with van der Waals surface area (Å²) in [5, 5.41) is 9.76. The highest BCUT2D eigenvalue weighted by Crippen LogP contribution is 2.44. The summed E-state index contributed by atoms with van der Waals surface area (Å²) in [6.07, 6.45) is -4.59. The van der Waals surface area contributed by atoms with Gasteiger partial charge in [-0.3, -0.25) is 4.90 Å². The summed E-state index contributed by atoms with van der Waals surface area (Å²) >= 11 is 6.14. The molecule has 1 heterocycles. The van der Waals surface area contributed by atoms with Gasteiger partial charge in [-0.15, -0.1) is 0 Å². The molecule has 0 aromatic heterocycles. The minimum absolute atomic E-state index is 0.0536. The number of hydrogen-bond acceptors (Lipinski definition) is 8. The van der Waals surface area contributed by atoms with Crippen molar-refractivity contribution in [2.24, 2.45) is 5.73 Å². The molecule has 0 amide bonds. The molecule has 8 nitrogen and oxygen atoms in total. The van der Waals surface area contributed by atoms with E-state index in [1.54, 1.807) is 30.3 Å². The van der Waals surface area contributed by atoms with Crippen LogP contribution < -0.4 is 15.4 Å². The van der Waals surface area contributed by atoms with Gasteiger partial charge in [-0.2, -0.15) is 18.4 Å². The maximum absolute atomic E-state index is 13.0. The van der Waals surface area contributed by atoms with Crippen molar-refractivity contribution in [1.29, 1.82) is 5.26 Å². The summed E-state index contributed by atoms with van der Waals surface area (Å²) in [7, 11) is 2.19. The number of halogens is 4. The van der Waals surface area contributed by atoms with Gasteiger partial charge in [-0.05, 0) is 23.8 Å². The van der Waals surface area contributed by atoms with E-state index >= 15 is 0 Å². The van der Waals surface area contributed by atoms with Crippen molar-refractivity contribution in [2.75, 3.05) is 25.7 Å². The number of nitriles is 1. The molecule has 12 heteroatoms. The molecule has 0 spiro atoms. The lowest BCUT2D eigenvalue weighted by atomic mass is 9.81. The molecule has 0 radical (unpaired) electrons. The molecule has 188 valence electrons. The number of esters is 2. The van der Waals surface area contributed by atoms with E-state index in [-0.39, 0.29) is 39.1 Å². The van der Waals surface area contributed by atoms with Gasteiger partial charge in [0.05, 0.1) is 42.4 Å². The zero-order valence-electron chi connectivity index (χ0n) is 18.9. The number of carbonyl (C=O) groups excluding carboxylic acids is 2. The van der Waals surface area contributed by atoms with Gasteiger partial charge in [0.2, 0.25) is 0 Å². The zero-order chi connectivity index (χ0) is 26.6. The molecule has 2 aromatic rings. The number of anilines is 1. The fourth-order valence-electron chi connectivity index (χ4n) is 3.69. The quantitative estimate of drug-likeness (QED) is 0.563. The summed E-state index contributed by atoms with van der Waals surface area (Å²) in [5.41, 5.74) is 6.22. The minimum atomic E-state index is -4.59. The number of ether oxygens (including phenoxy) is 3. The lowest BCUT2D eigenvalue weighted by Gasteiger charge is -2.36. The minimum Gasteiger partial charge on any atom is -0.483 e. The summed E-state index contributed by atoms with van der Waals surface area (Å²) < 4.78 is 52.2. The van der Waals surface area contributed by atoms with Crippen LogP contribution in [0.4, 0.5) is 18.9 Å². The second-order valence-electron chi connectivity index (χ2n) is 7.35. The molecule has 1 aliphatic heterocycles. The Morgan fingerprint density at radius 3 is 2.28 bits per heavy atom. The van der Waals surface area contributed by atoms with Crippen LogP contribution in [-0.2, 0) is 19.1 Å². The molecule has 0 fully saturated rings. The van der Waals surface area contributed by atoms with Gasteiger partial charge in [0.1, 0.15) is 17.3 Å². The first-order valence-electron chi connectivity index (χ1n) is 10.2. The Morgan fingerprint density at radius 2 is 1.75 bits per heavy atom. The highest BCUT2D eigenvalue weighted by atomic mass is 35.5. The first-order valence-corrected chi connectivity index (χ1v) is 10.6. The second-order valence-corrected chi connectivity index (χ2v) is 7.76. The number of rotatable bonds is 6. The van der Waals surface area contributed by atoms with E-state index in [0.29, 0.717) is 5.56 Å². The van der Waals surface area contributed by atoms with E-state index in [1.807, 2.05) is 6.07 Å². The average molecular weight is 522 g/mol. The van der Waals surface area contributed by atoms with E-state index < -0.39 is 30.6 Å². The van der Waals surface area contributed by atoms with Crippen molar-refractivity contribution in [1.82, 2.24) is 0 Å². The first kappa shape index (κ1) is 26.4. The molecule has 2 N–H and O–H groups in total. The standard InChI is InChI=1S/C24H19ClF3N3O5/c1-34-22(32)19-18(13-6-4-3-5-7-13)15(11-29)21(30)31(20(19)23(33)35-2)14-8-9-17(16(25)10-14)36-12-24(26,27)28/h3-10,18H,12,30H2,1-2H3. The van der Waals surface area contributed by atoms with E-state index in [0.717, 1.165) is 25.2 Å². The van der Waals surface area contributed by atoms with Gasteiger partial charge in [-0.1, -0.05) is 41.9 Å². The van der Waals surface area contributed by atoms with Crippen LogP contribution in [0.3, 0.4) is 0 Å². The van der Waals surface area contributed by atoms with Crippen molar-refractivity contribution in [2.45, 2.75) is 12.1 Å². The molecule has 3 rings (SSSR count). The number of methoxy groups -OCH3 is 2. The number of nitrogens with two attached hydrogens (primary N) is 1. The van der Waals surface area contributed by atoms with E-state index in [1.165, 1.54) is 12.1 Å². The fourth-order valence-corrected chi connectivity index (χ4v) is 3.92. The third kappa shape index (κ3) is 5.23. The molecule has 0 saturated heterocycles. The van der Waals surface area contributed by atoms with Gasteiger partial charge in [0.25, 0.3) is 0 Å². The number of carbonyl (C=O) groups is 2. The average Bonchev–Trinajstić information content (AvgIpc) is 2.86. The van der Waals surface area contributed by atoms with Crippen LogP contribution in [-0.4, -0.2) is 38.9 Å². The maximum Gasteiger partial charge on any atom is 0.422 e. The van der Waals surface area contributed by atoms with E-state index in [4.69, 9.17) is 31.5 Å². The molecule has 0 saturated carbocycles. The highest BCUT2D eigenvalue weighted by Gasteiger charge is 2.43. The van der Waals surface area contributed by atoms with Crippen LogP contribution in [0.1, 0.15) is 11.5 Å². The third-order valence-electron chi connectivity index (χ3n) is 5.18. The number of benzene rings is 2. The van der Waals surface area contributed by atoms with Gasteiger partial charge in [-0.25, -0.2) is 9.59 Å². The van der Waals surface area contributed by atoms with Crippen LogP contribution in [0.2, 0.25) is 5.02 Å². The Kier molecular flexibility index (Phi) is 7.80. The van der Waals surface area contributed by atoms with Crippen LogP contribution in [0.25, 0.3) is 0 Å². The summed E-state index contributed by atoms with van der Waals surface area (Å²) in [5.74, 6) is -3.48. The van der Waals surface area contributed by atoms with Crippen molar-refractivity contribution in [3.05, 3.63) is 81.8 Å². The monoisotopic (exact) mass is 521 g/mol. The smallest absolute Gasteiger partial charge is 0.422 e. The molecule has 1 atom stereocenters. The van der Waals surface area contributed by atoms with Crippen molar-refractivity contribution in [3.63, 3.8) is 0 Å². The Labute approximate surface area is 208 Å². The number of alkyl halides is 3. The topological polar surface area (TPSA) is 115 Å². The SMILES string of the molecule is COC(=O)C1=C(C(=O)OC)N(c2ccc(OCC(F)(F)F)c(Cl)c2)C(N)=C(C#N)C1c1ccccc1. The molecular weight excluding hydrogens is 503 g/mol. The molecule has 0 aliphatic carbocycles. The van der Waals surface area contributed by atoms with Crippen LogP contribution in [0.15, 0.2) is 71.2 Å². The number of allylic oxidation sites excluding steroid dienone is 1. The van der Waals surface area contributed by atoms with Gasteiger partial charge in [0.15, 0.2) is 6.61 Å². The highest BCUT2D eigenvalue weighted by molar-refractivity contribution is 6.32. The van der Waals surface area contributed by atoms with E-state index in [2.05, 4.69) is 0 Å². The van der Waals surface area contributed by atoms with Crippen molar-refractivity contribution >= 4 is 29.2 Å². The van der Waals surface area contributed by atoms with Gasteiger partial charge in [0, 0.05) is 5.69 Å². The Morgan fingerprint density at radius 1 is 1.11 bits per heavy atom. The second kappa shape index (κ2) is 10.6. The lowest BCUT2D eigenvalue weighted by molar-refractivity contribution is -0.153. The van der Waals surface area contributed by atoms with Crippen LogP contribution in [0, 0.1) is 11.3 Å². The largest absolute Gasteiger partial charge is 0.483 e. The Bertz CT molecular complexity index is 1290. The summed E-state index contributed by atoms with van der Waals surface area (Å²) in [6, 6.07) is 13.9. The van der Waals surface area contributed by atoms with Gasteiger partial charge < -0.3 is 19.9 Å². The predicted octanol–water partition coefficient (Wildman–Crippen LogP) is 4.18. The molecule has 1 unspecified atom stereocenters. The summed E-state index contributed by atoms with van der Waals surface area (Å²) in [4.78, 5) is 27.0. The fraction of sp³-hybridized carbons (Fsp3) is 0.208. The maximum atomic E-state index is 13.0. The Hall–Kier alpha value is -4.17. The Balaban J connectivity index is 2.26. The lowest BCUT2D eigenvalue weighted by Crippen LogP contribution is -2.40.